The third kappa shape index (κ3) is 2.92. The van der Waals surface area contributed by atoms with Crippen molar-refractivity contribution < 1.29 is 23.1 Å². The first kappa shape index (κ1) is 14.3. The van der Waals surface area contributed by atoms with Crippen molar-refractivity contribution in [3.05, 3.63) is 33.8 Å². The van der Waals surface area contributed by atoms with Crippen LogP contribution >= 0.6 is 15.9 Å². The van der Waals surface area contributed by atoms with E-state index in [1.165, 1.54) is 4.90 Å². The number of aliphatic hydroxyl groups is 1. The van der Waals surface area contributed by atoms with Crippen LogP contribution in [0.25, 0.3) is 0 Å². The molecule has 0 saturated carbocycles. The molecule has 0 spiro atoms. The Bertz CT molecular complexity index is 520. The first-order chi connectivity index (χ1) is 8.60. The van der Waals surface area contributed by atoms with Gasteiger partial charge in [-0.1, -0.05) is 0 Å². The highest BCUT2D eigenvalue weighted by molar-refractivity contribution is 9.10. The maximum atomic E-state index is 12.5. The molecule has 0 unspecified atom stereocenters. The lowest BCUT2D eigenvalue weighted by atomic mass is 9.96. The summed E-state index contributed by atoms with van der Waals surface area (Å²) in [6.45, 7) is 1.96. The molecule has 7 heteroatoms. The molecule has 1 N–H and O–H groups in total. The predicted molar refractivity (Wildman–Crippen MR) is 65.7 cm³/mol. The fourth-order valence-corrected chi connectivity index (χ4v) is 2.50. The highest BCUT2D eigenvalue weighted by Crippen LogP contribution is 2.33. The average Bonchev–Trinajstić information content (AvgIpc) is 2.23. The summed E-state index contributed by atoms with van der Waals surface area (Å²) in [6.07, 6.45) is -4.44. The van der Waals surface area contributed by atoms with Crippen LogP contribution in [0.1, 0.15) is 22.8 Å². The topological polar surface area (TPSA) is 40.5 Å². The summed E-state index contributed by atoms with van der Waals surface area (Å²) in [5, 5.41) is 9.55. The minimum atomic E-state index is -4.44. The molecule has 1 fully saturated rings. The number of carbonyl (C=O) groups is 1. The number of halogens is 4. The lowest BCUT2D eigenvalue weighted by molar-refractivity contribution is -0.137. The number of hydrogen-bond donors (Lipinski definition) is 1. The Balaban J connectivity index is 2.20. The van der Waals surface area contributed by atoms with Crippen LogP contribution in [0.2, 0.25) is 0 Å². The number of likely N-dealkylation sites (tertiary alicyclic amines) is 1. The molecule has 0 aromatic heterocycles. The highest BCUT2D eigenvalue weighted by Gasteiger charge is 2.40. The first-order valence-electron chi connectivity index (χ1n) is 5.48. The summed E-state index contributed by atoms with van der Waals surface area (Å²) in [6, 6.07) is 2.89. The van der Waals surface area contributed by atoms with E-state index in [-0.39, 0.29) is 23.1 Å². The second-order valence-corrected chi connectivity index (χ2v) is 5.70. The van der Waals surface area contributed by atoms with Gasteiger partial charge < -0.3 is 10.0 Å². The zero-order valence-corrected chi connectivity index (χ0v) is 11.5. The monoisotopic (exact) mass is 337 g/mol. The van der Waals surface area contributed by atoms with Gasteiger partial charge in [-0.05, 0) is 41.1 Å². The molecule has 0 radical (unpaired) electrons. The van der Waals surface area contributed by atoms with Gasteiger partial charge in [0.05, 0.1) is 29.8 Å². The van der Waals surface area contributed by atoms with Crippen LogP contribution in [0.15, 0.2) is 22.7 Å². The van der Waals surface area contributed by atoms with Crippen molar-refractivity contribution in [2.75, 3.05) is 13.1 Å². The smallest absolute Gasteiger partial charge is 0.386 e. The summed E-state index contributed by atoms with van der Waals surface area (Å²) in [7, 11) is 0. The molecular formula is C12H11BrF3NO2. The molecule has 2 rings (SSSR count). The highest BCUT2D eigenvalue weighted by atomic mass is 79.9. The fraction of sp³-hybridized carbons (Fsp3) is 0.417. The zero-order chi connectivity index (χ0) is 14.4. The lowest BCUT2D eigenvalue weighted by Gasteiger charge is -2.44. The van der Waals surface area contributed by atoms with E-state index in [9.17, 15) is 23.1 Å². The quantitative estimate of drug-likeness (QED) is 0.855. The Morgan fingerprint density at radius 3 is 2.42 bits per heavy atom. The maximum absolute atomic E-state index is 12.5. The summed E-state index contributed by atoms with van der Waals surface area (Å²) in [5.41, 5.74) is -1.57. The van der Waals surface area contributed by atoms with Gasteiger partial charge in [-0.2, -0.15) is 13.2 Å². The SMILES string of the molecule is CC1(O)CN(C(=O)c2ccc(C(F)(F)F)cc2Br)C1. The van der Waals surface area contributed by atoms with Crippen molar-refractivity contribution in [1.82, 2.24) is 4.90 Å². The van der Waals surface area contributed by atoms with Crippen LogP contribution < -0.4 is 0 Å². The summed E-state index contributed by atoms with van der Waals surface area (Å²) >= 11 is 2.98. The normalized spacial score (nSPS) is 18.1. The molecule has 1 aromatic carbocycles. The van der Waals surface area contributed by atoms with E-state index in [0.29, 0.717) is 0 Å². The largest absolute Gasteiger partial charge is 0.416 e. The first-order valence-corrected chi connectivity index (χ1v) is 6.28. The number of rotatable bonds is 1. The number of β-amino-alcohol motifs (C(OH)–C–C–N with tert-alkyl or cyclic N) is 1. The Hall–Kier alpha value is -1.08. The van der Waals surface area contributed by atoms with Crippen LogP contribution in [0.4, 0.5) is 13.2 Å². The summed E-state index contributed by atoms with van der Waals surface area (Å²) in [4.78, 5) is 13.4. The van der Waals surface area contributed by atoms with E-state index in [0.717, 1.165) is 18.2 Å². The standard InChI is InChI=1S/C12H11BrF3NO2/c1-11(19)5-17(6-11)10(18)8-3-2-7(4-9(8)13)12(14,15)16/h2-4,19H,5-6H2,1H3. The second kappa shape index (κ2) is 4.49. The van der Waals surface area contributed by atoms with Gasteiger partial charge in [0.1, 0.15) is 0 Å². The number of amides is 1. The molecule has 0 bridgehead atoms. The number of alkyl halides is 3. The molecule has 1 amide bonds. The zero-order valence-electron chi connectivity index (χ0n) is 9.96. The number of nitrogens with zero attached hydrogens (tertiary/aromatic N) is 1. The maximum Gasteiger partial charge on any atom is 0.416 e. The minimum absolute atomic E-state index is 0.0962. The molecule has 19 heavy (non-hydrogen) atoms. The molecule has 0 aliphatic carbocycles. The van der Waals surface area contributed by atoms with Crippen LogP contribution in [0.5, 0.6) is 0 Å². The van der Waals surface area contributed by atoms with E-state index in [2.05, 4.69) is 15.9 Å². The molecule has 0 atom stereocenters. The third-order valence-electron chi connectivity index (χ3n) is 2.88. The Morgan fingerprint density at radius 2 is 2.00 bits per heavy atom. The van der Waals surface area contributed by atoms with Crippen LogP contribution in [-0.2, 0) is 6.18 Å². The molecule has 1 aromatic rings. The predicted octanol–water partition coefficient (Wildman–Crippen LogP) is 2.67. The Labute approximate surface area is 116 Å². The molecule has 1 aliphatic rings. The van der Waals surface area contributed by atoms with E-state index in [4.69, 9.17) is 0 Å². The van der Waals surface area contributed by atoms with Crippen molar-refractivity contribution >= 4 is 21.8 Å². The van der Waals surface area contributed by atoms with Crippen LogP contribution in [0.3, 0.4) is 0 Å². The molecule has 1 aliphatic heterocycles. The van der Waals surface area contributed by atoms with E-state index in [1.54, 1.807) is 6.92 Å². The minimum Gasteiger partial charge on any atom is -0.386 e. The van der Waals surface area contributed by atoms with Gasteiger partial charge in [0, 0.05) is 4.47 Å². The van der Waals surface area contributed by atoms with Crippen LogP contribution in [-0.4, -0.2) is 34.6 Å². The van der Waals surface area contributed by atoms with Crippen molar-refractivity contribution in [2.45, 2.75) is 18.7 Å². The van der Waals surface area contributed by atoms with Crippen molar-refractivity contribution in [2.24, 2.45) is 0 Å². The van der Waals surface area contributed by atoms with Crippen molar-refractivity contribution in [3.63, 3.8) is 0 Å². The van der Waals surface area contributed by atoms with Gasteiger partial charge in [0.2, 0.25) is 0 Å². The molecule has 3 nitrogen and oxygen atoms in total. The van der Waals surface area contributed by atoms with Crippen LogP contribution in [0, 0.1) is 0 Å². The van der Waals surface area contributed by atoms with E-state index >= 15 is 0 Å². The van der Waals surface area contributed by atoms with Gasteiger partial charge in [-0.3, -0.25) is 4.79 Å². The molecule has 1 heterocycles. The third-order valence-corrected chi connectivity index (χ3v) is 3.53. The second-order valence-electron chi connectivity index (χ2n) is 4.85. The van der Waals surface area contributed by atoms with Gasteiger partial charge >= 0.3 is 6.18 Å². The van der Waals surface area contributed by atoms with E-state index < -0.39 is 23.2 Å². The lowest BCUT2D eigenvalue weighted by Crippen LogP contribution is -2.61. The van der Waals surface area contributed by atoms with Gasteiger partial charge in [-0.15, -0.1) is 0 Å². The Morgan fingerprint density at radius 1 is 1.42 bits per heavy atom. The van der Waals surface area contributed by atoms with Gasteiger partial charge in [0.25, 0.3) is 5.91 Å². The van der Waals surface area contributed by atoms with Gasteiger partial charge in [0.15, 0.2) is 0 Å². The Kier molecular flexibility index (Phi) is 3.38. The number of benzene rings is 1. The molecule has 104 valence electrons. The van der Waals surface area contributed by atoms with Crippen molar-refractivity contribution in [3.8, 4) is 0 Å². The fourth-order valence-electron chi connectivity index (χ4n) is 1.95. The summed E-state index contributed by atoms with van der Waals surface area (Å²) < 4.78 is 37.6. The van der Waals surface area contributed by atoms with Gasteiger partial charge in [-0.25, -0.2) is 0 Å². The molecular weight excluding hydrogens is 327 g/mol. The number of hydrogen-bond acceptors (Lipinski definition) is 2. The average molecular weight is 338 g/mol. The number of carbonyl (C=O) groups excluding carboxylic acids is 1. The van der Waals surface area contributed by atoms with Crippen molar-refractivity contribution in [1.29, 1.82) is 0 Å². The summed E-state index contributed by atoms with van der Waals surface area (Å²) in [5.74, 6) is -0.396. The van der Waals surface area contributed by atoms with E-state index in [1.807, 2.05) is 0 Å². The molecule has 1 saturated heterocycles.